The van der Waals surface area contributed by atoms with Crippen LogP contribution in [0.15, 0.2) is 23.1 Å². The van der Waals surface area contributed by atoms with Gasteiger partial charge in [0.25, 0.3) is 0 Å². The first-order valence-corrected chi connectivity index (χ1v) is 7.92. The molecule has 0 bridgehead atoms. The smallest absolute Gasteiger partial charge is 0.243 e. The Bertz CT molecular complexity index is 560. The number of benzene rings is 1. The fourth-order valence-corrected chi connectivity index (χ4v) is 3.39. The molecule has 0 saturated heterocycles. The topological polar surface area (TPSA) is 66.5 Å². The molecule has 0 atom stereocenters. The molecular weight excluding hydrogens is 391 g/mol. The zero-order valence-electron chi connectivity index (χ0n) is 9.78. The molecular formula is C10H12ClIN2O3S. The maximum atomic E-state index is 12.0. The lowest BCUT2D eigenvalue weighted by atomic mass is 10.3. The van der Waals surface area contributed by atoms with Crippen molar-refractivity contribution in [3.8, 4) is 0 Å². The van der Waals surface area contributed by atoms with Gasteiger partial charge in [0, 0.05) is 23.4 Å². The minimum Gasteiger partial charge on any atom is -0.325 e. The predicted molar refractivity (Wildman–Crippen MR) is 79.4 cm³/mol. The van der Waals surface area contributed by atoms with E-state index in [1.54, 1.807) is 12.1 Å². The van der Waals surface area contributed by atoms with Crippen LogP contribution in [0, 0.1) is 3.57 Å². The van der Waals surface area contributed by atoms with Gasteiger partial charge in [-0.2, -0.15) is 0 Å². The highest BCUT2D eigenvalue weighted by Crippen LogP contribution is 2.24. The van der Waals surface area contributed by atoms with Gasteiger partial charge < -0.3 is 5.32 Å². The van der Waals surface area contributed by atoms with Crippen LogP contribution in [-0.4, -0.2) is 38.6 Å². The molecule has 0 saturated carbocycles. The summed E-state index contributed by atoms with van der Waals surface area (Å²) >= 11 is 7.31. The molecule has 1 aromatic carbocycles. The molecule has 1 aromatic rings. The number of hydrogen-bond acceptors (Lipinski definition) is 3. The van der Waals surface area contributed by atoms with Gasteiger partial charge in [-0.1, -0.05) is 0 Å². The summed E-state index contributed by atoms with van der Waals surface area (Å²) in [5.41, 5.74) is 0.404. The first kappa shape index (κ1) is 15.7. The summed E-state index contributed by atoms with van der Waals surface area (Å²) < 4.78 is 25.8. The lowest BCUT2D eigenvalue weighted by Gasteiger charge is -2.14. The second kappa shape index (κ2) is 6.18. The average molecular weight is 403 g/mol. The molecule has 0 aliphatic carbocycles. The van der Waals surface area contributed by atoms with Crippen LogP contribution in [0.2, 0.25) is 0 Å². The van der Waals surface area contributed by atoms with E-state index in [0.717, 1.165) is 4.31 Å². The van der Waals surface area contributed by atoms with Crippen LogP contribution >= 0.6 is 34.2 Å². The summed E-state index contributed by atoms with van der Waals surface area (Å²) in [6, 6.07) is 4.67. The van der Waals surface area contributed by atoms with E-state index in [2.05, 4.69) is 5.32 Å². The van der Waals surface area contributed by atoms with Gasteiger partial charge in [0.15, 0.2) is 0 Å². The van der Waals surface area contributed by atoms with Gasteiger partial charge in [-0.15, -0.1) is 11.6 Å². The number of rotatable bonds is 4. The molecule has 0 aliphatic heterocycles. The minimum atomic E-state index is -3.53. The van der Waals surface area contributed by atoms with Gasteiger partial charge in [-0.25, -0.2) is 12.7 Å². The van der Waals surface area contributed by atoms with Crippen molar-refractivity contribution in [2.24, 2.45) is 0 Å². The molecule has 0 radical (unpaired) electrons. The lowest BCUT2D eigenvalue weighted by Crippen LogP contribution is -2.23. The fraction of sp³-hybridized carbons (Fsp3) is 0.300. The quantitative estimate of drug-likeness (QED) is 0.616. The first-order valence-electron chi connectivity index (χ1n) is 4.87. The third-order valence-electron chi connectivity index (χ3n) is 2.09. The monoisotopic (exact) mass is 402 g/mol. The Labute approximate surface area is 125 Å². The van der Waals surface area contributed by atoms with Gasteiger partial charge in [0.2, 0.25) is 15.9 Å². The Morgan fingerprint density at radius 1 is 1.44 bits per heavy atom. The summed E-state index contributed by atoms with van der Waals surface area (Å²) in [4.78, 5) is 11.3. The van der Waals surface area contributed by atoms with Crippen LogP contribution in [0.3, 0.4) is 0 Å². The number of carbonyl (C=O) groups excluding carboxylic acids is 1. The summed E-state index contributed by atoms with van der Waals surface area (Å²) in [5, 5.41) is 2.51. The second-order valence-electron chi connectivity index (χ2n) is 3.61. The first-order chi connectivity index (χ1) is 8.28. The van der Waals surface area contributed by atoms with Crippen molar-refractivity contribution in [3.63, 3.8) is 0 Å². The minimum absolute atomic E-state index is 0.153. The Hall–Kier alpha value is -0.380. The maximum Gasteiger partial charge on any atom is 0.243 e. The molecule has 18 heavy (non-hydrogen) atoms. The van der Waals surface area contributed by atoms with Gasteiger partial charge >= 0.3 is 0 Å². The van der Waals surface area contributed by atoms with E-state index in [1.165, 1.54) is 20.2 Å². The van der Waals surface area contributed by atoms with Crippen molar-refractivity contribution in [2.45, 2.75) is 4.90 Å². The summed E-state index contributed by atoms with van der Waals surface area (Å²) in [5.74, 6) is -0.562. The molecule has 0 spiro atoms. The number of amides is 1. The number of alkyl halides is 1. The maximum absolute atomic E-state index is 12.0. The van der Waals surface area contributed by atoms with E-state index >= 15 is 0 Å². The third kappa shape index (κ3) is 3.56. The number of halogens is 2. The summed E-state index contributed by atoms with van der Waals surface area (Å²) in [6.07, 6.45) is 0. The van der Waals surface area contributed by atoms with Gasteiger partial charge in [0.05, 0.1) is 4.90 Å². The van der Waals surface area contributed by atoms with E-state index in [4.69, 9.17) is 11.6 Å². The zero-order valence-corrected chi connectivity index (χ0v) is 13.5. The molecule has 8 heteroatoms. The molecule has 0 heterocycles. The van der Waals surface area contributed by atoms with E-state index in [1.807, 2.05) is 22.6 Å². The zero-order chi connectivity index (χ0) is 13.9. The largest absolute Gasteiger partial charge is 0.325 e. The second-order valence-corrected chi connectivity index (χ2v) is 7.16. The van der Waals surface area contributed by atoms with Crippen molar-refractivity contribution in [3.05, 3.63) is 21.8 Å². The Morgan fingerprint density at radius 3 is 2.56 bits per heavy atom. The SMILES string of the molecule is CN(C)S(=O)(=O)c1cc(NC(=O)CCl)ccc1I. The number of nitrogens with one attached hydrogen (secondary N) is 1. The molecule has 100 valence electrons. The highest BCUT2D eigenvalue weighted by molar-refractivity contribution is 14.1. The molecule has 0 aliphatic rings. The van der Waals surface area contributed by atoms with E-state index in [0.29, 0.717) is 9.26 Å². The number of carbonyl (C=O) groups is 1. The van der Waals surface area contributed by atoms with Crippen LogP contribution in [0.5, 0.6) is 0 Å². The Kier molecular flexibility index (Phi) is 5.38. The van der Waals surface area contributed by atoms with Crippen molar-refractivity contribution in [1.29, 1.82) is 0 Å². The molecule has 0 fully saturated rings. The lowest BCUT2D eigenvalue weighted by molar-refractivity contribution is -0.113. The van der Waals surface area contributed by atoms with E-state index in [9.17, 15) is 13.2 Å². The molecule has 1 rings (SSSR count). The number of hydrogen-bond donors (Lipinski definition) is 1. The molecule has 0 aromatic heterocycles. The van der Waals surface area contributed by atoms with E-state index in [-0.39, 0.29) is 16.7 Å². The van der Waals surface area contributed by atoms with Crippen LogP contribution in [0.4, 0.5) is 5.69 Å². The normalized spacial score (nSPS) is 11.6. The van der Waals surface area contributed by atoms with Crippen molar-refractivity contribution in [2.75, 3.05) is 25.3 Å². The predicted octanol–water partition coefficient (Wildman–Crippen LogP) is 1.72. The highest BCUT2D eigenvalue weighted by Gasteiger charge is 2.21. The molecule has 1 amide bonds. The molecule has 0 unspecified atom stereocenters. The standard InChI is InChI=1S/C10H12ClIN2O3S/c1-14(2)18(16,17)9-5-7(3-4-8(9)12)13-10(15)6-11/h3-5H,6H2,1-2H3,(H,13,15). The third-order valence-corrected chi connectivity index (χ3v) is 5.50. The van der Waals surface area contributed by atoms with Crippen molar-refractivity contribution >= 4 is 55.8 Å². The Morgan fingerprint density at radius 2 is 2.06 bits per heavy atom. The van der Waals surface area contributed by atoms with Gasteiger partial charge in [0.1, 0.15) is 5.88 Å². The molecule has 5 nitrogen and oxygen atoms in total. The van der Waals surface area contributed by atoms with Crippen LogP contribution in [0.1, 0.15) is 0 Å². The van der Waals surface area contributed by atoms with Crippen LogP contribution in [0.25, 0.3) is 0 Å². The van der Waals surface area contributed by atoms with Crippen LogP contribution < -0.4 is 5.32 Å². The summed E-state index contributed by atoms with van der Waals surface area (Å²) in [7, 11) is -0.623. The number of nitrogens with zero attached hydrogens (tertiary/aromatic N) is 1. The number of anilines is 1. The highest BCUT2D eigenvalue weighted by atomic mass is 127. The van der Waals surface area contributed by atoms with Gasteiger partial charge in [-0.05, 0) is 40.8 Å². The van der Waals surface area contributed by atoms with Crippen molar-refractivity contribution in [1.82, 2.24) is 4.31 Å². The van der Waals surface area contributed by atoms with Gasteiger partial charge in [-0.3, -0.25) is 4.79 Å². The van der Waals surface area contributed by atoms with E-state index < -0.39 is 10.0 Å². The van der Waals surface area contributed by atoms with Crippen molar-refractivity contribution < 1.29 is 13.2 Å². The Balaban J connectivity index is 3.22. The molecule has 1 N–H and O–H groups in total. The average Bonchev–Trinajstić information content (AvgIpc) is 2.31. The fourth-order valence-electron chi connectivity index (χ4n) is 1.17. The van der Waals surface area contributed by atoms with Crippen LogP contribution in [-0.2, 0) is 14.8 Å². The number of sulfonamides is 1. The summed E-state index contributed by atoms with van der Waals surface area (Å²) in [6.45, 7) is 0.